The minimum absolute atomic E-state index is 0.212. The van der Waals surface area contributed by atoms with Crippen LogP contribution < -0.4 is 5.56 Å². The van der Waals surface area contributed by atoms with Crippen molar-refractivity contribution in [2.45, 2.75) is 10.1 Å². The molecule has 0 spiro atoms. The van der Waals surface area contributed by atoms with E-state index in [4.69, 9.17) is 0 Å². The summed E-state index contributed by atoms with van der Waals surface area (Å²) in [7, 11) is 0. The van der Waals surface area contributed by atoms with Gasteiger partial charge < -0.3 is 4.98 Å². The normalized spacial score (nSPS) is 10.8. The fourth-order valence-electron chi connectivity index (χ4n) is 1.59. The van der Waals surface area contributed by atoms with Gasteiger partial charge in [0.15, 0.2) is 0 Å². The Morgan fingerprint density at radius 1 is 1.11 bits per heavy atom. The smallest absolute Gasteiger partial charge is 0.266 e. The van der Waals surface area contributed by atoms with Crippen molar-refractivity contribution in [2.75, 3.05) is 0 Å². The second-order valence-corrected chi connectivity index (χ2v) is 5.42. The zero-order valence-electron chi connectivity index (χ0n) is 9.50. The molecule has 0 amide bonds. The third-order valence-electron chi connectivity index (χ3n) is 2.46. The quantitative estimate of drug-likeness (QED) is 0.729. The molecule has 0 unspecified atom stereocenters. The average molecular weight is 335 g/mol. The number of nitrogens with zero attached hydrogens (tertiary/aromatic N) is 3. The van der Waals surface area contributed by atoms with E-state index in [-0.39, 0.29) is 5.56 Å². The van der Waals surface area contributed by atoms with Crippen LogP contribution in [0.4, 0.5) is 0 Å². The first-order valence-corrected chi connectivity index (χ1v) is 6.97. The van der Waals surface area contributed by atoms with Gasteiger partial charge in [-0.3, -0.25) is 4.79 Å². The van der Waals surface area contributed by atoms with Gasteiger partial charge in [-0.25, -0.2) is 15.0 Å². The van der Waals surface area contributed by atoms with E-state index in [1.165, 1.54) is 24.4 Å². The SMILES string of the molecule is O=c1[nH]cnc(Sc2ncnc3ccccc23)c1Br. The highest BCUT2D eigenvalue weighted by Crippen LogP contribution is 2.32. The summed E-state index contributed by atoms with van der Waals surface area (Å²) in [5, 5.41) is 2.28. The highest BCUT2D eigenvalue weighted by molar-refractivity contribution is 9.10. The second-order valence-electron chi connectivity index (χ2n) is 3.65. The number of halogens is 1. The molecule has 0 fully saturated rings. The minimum atomic E-state index is -0.212. The molecular formula is C12H7BrN4OS. The van der Waals surface area contributed by atoms with Gasteiger partial charge >= 0.3 is 0 Å². The lowest BCUT2D eigenvalue weighted by atomic mass is 10.2. The summed E-state index contributed by atoms with van der Waals surface area (Å²) in [6.45, 7) is 0. The van der Waals surface area contributed by atoms with Gasteiger partial charge in [-0.2, -0.15) is 0 Å². The Bertz CT molecular complexity index is 800. The maximum Gasteiger partial charge on any atom is 0.266 e. The van der Waals surface area contributed by atoms with E-state index in [1.54, 1.807) is 0 Å². The number of aromatic amines is 1. The average Bonchev–Trinajstić information content (AvgIpc) is 2.44. The first kappa shape index (κ1) is 12.3. The number of nitrogens with one attached hydrogen (secondary N) is 1. The molecule has 94 valence electrons. The maximum atomic E-state index is 11.5. The van der Waals surface area contributed by atoms with Crippen molar-refractivity contribution >= 4 is 38.6 Å². The Labute approximate surface area is 120 Å². The van der Waals surface area contributed by atoms with E-state index in [2.05, 4.69) is 35.9 Å². The number of fused-ring (bicyclic) bond motifs is 1. The zero-order valence-corrected chi connectivity index (χ0v) is 11.9. The molecule has 0 saturated heterocycles. The van der Waals surface area contributed by atoms with Gasteiger partial charge in [0.2, 0.25) is 0 Å². The van der Waals surface area contributed by atoms with Crippen molar-refractivity contribution in [3.05, 3.63) is 51.7 Å². The highest BCUT2D eigenvalue weighted by Gasteiger charge is 2.10. The van der Waals surface area contributed by atoms with Crippen LogP contribution in [-0.4, -0.2) is 19.9 Å². The van der Waals surface area contributed by atoms with Crippen molar-refractivity contribution in [1.29, 1.82) is 0 Å². The van der Waals surface area contributed by atoms with Crippen LogP contribution in [0.2, 0.25) is 0 Å². The van der Waals surface area contributed by atoms with Crippen molar-refractivity contribution in [1.82, 2.24) is 19.9 Å². The van der Waals surface area contributed by atoms with E-state index < -0.39 is 0 Å². The highest BCUT2D eigenvalue weighted by atomic mass is 79.9. The fraction of sp³-hybridized carbons (Fsp3) is 0. The van der Waals surface area contributed by atoms with Crippen LogP contribution in [0.1, 0.15) is 0 Å². The van der Waals surface area contributed by atoms with E-state index in [1.807, 2.05) is 24.3 Å². The lowest BCUT2D eigenvalue weighted by molar-refractivity contribution is 0.985. The van der Waals surface area contributed by atoms with Gasteiger partial charge in [0.05, 0.1) is 11.8 Å². The molecule has 0 saturated carbocycles. The minimum Gasteiger partial charge on any atom is -0.312 e. The summed E-state index contributed by atoms with van der Waals surface area (Å²) in [6.07, 6.45) is 2.88. The molecule has 19 heavy (non-hydrogen) atoms. The summed E-state index contributed by atoms with van der Waals surface area (Å²) in [5.41, 5.74) is 0.650. The molecule has 0 atom stereocenters. The van der Waals surface area contributed by atoms with Gasteiger partial charge in [-0.15, -0.1) is 0 Å². The summed E-state index contributed by atoms with van der Waals surface area (Å²) >= 11 is 4.56. The van der Waals surface area contributed by atoms with Gasteiger partial charge in [-0.05, 0) is 33.8 Å². The molecule has 0 aliphatic heterocycles. The van der Waals surface area contributed by atoms with Crippen LogP contribution in [-0.2, 0) is 0 Å². The summed E-state index contributed by atoms with van der Waals surface area (Å²) in [5.74, 6) is 0. The van der Waals surface area contributed by atoms with Crippen LogP contribution in [0.3, 0.4) is 0 Å². The first-order valence-electron chi connectivity index (χ1n) is 5.36. The predicted octanol–water partition coefficient (Wildman–Crippen LogP) is 2.63. The molecule has 0 radical (unpaired) electrons. The molecule has 7 heteroatoms. The van der Waals surface area contributed by atoms with Gasteiger partial charge in [-0.1, -0.05) is 18.2 Å². The number of H-pyrrole nitrogens is 1. The van der Waals surface area contributed by atoms with Crippen molar-refractivity contribution < 1.29 is 0 Å². The lowest BCUT2D eigenvalue weighted by Crippen LogP contribution is -2.07. The number of aromatic nitrogens is 4. The molecule has 1 aromatic carbocycles. The second kappa shape index (κ2) is 5.10. The molecule has 3 aromatic rings. The lowest BCUT2D eigenvalue weighted by Gasteiger charge is -2.04. The van der Waals surface area contributed by atoms with Gasteiger partial charge in [0.1, 0.15) is 20.9 Å². The number of para-hydroxylation sites is 1. The van der Waals surface area contributed by atoms with Gasteiger partial charge in [0, 0.05) is 5.39 Å². The fourth-order valence-corrected chi connectivity index (χ4v) is 2.90. The third-order valence-corrected chi connectivity index (χ3v) is 4.48. The Hall–Kier alpha value is -1.73. The Morgan fingerprint density at radius 3 is 2.84 bits per heavy atom. The van der Waals surface area contributed by atoms with E-state index in [0.29, 0.717) is 9.50 Å². The predicted molar refractivity (Wildman–Crippen MR) is 76.2 cm³/mol. The summed E-state index contributed by atoms with van der Waals surface area (Å²) in [4.78, 5) is 26.6. The summed E-state index contributed by atoms with van der Waals surface area (Å²) in [6, 6.07) is 7.71. The molecule has 5 nitrogen and oxygen atoms in total. The first-order chi connectivity index (χ1) is 9.25. The van der Waals surface area contributed by atoms with Crippen molar-refractivity contribution in [2.24, 2.45) is 0 Å². The Kier molecular flexibility index (Phi) is 3.31. The molecule has 3 rings (SSSR count). The molecule has 2 heterocycles. The monoisotopic (exact) mass is 334 g/mol. The standard InChI is InChI=1S/C12H7BrN4OS/c13-9-10(18)15-6-17-12(9)19-11-7-3-1-2-4-8(7)14-5-16-11/h1-6H,(H,15,17,18). The number of benzene rings is 1. The van der Waals surface area contributed by atoms with Crippen molar-refractivity contribution in [3.8, 4) is 0 Å². The third kappa shape index (κ3) is 2.39. The molecular weight excluding hydrogens is 328 g/mol. The molecule has 1 N–H and O–H groups in total. The van der Waals surface area contributed by atoms with E-state index in [9.17, 15) is 4.79 Å². The van der Waals surface area contributed by atoms with Crippen molar-refractivity contribution in [3.63, 3.8) is 0 Å². The van der Waals surface area contributed by atoms with E-state index >= 15 is 0 Å². The number of hydrogen-bond donors (Lipinski definition) is 1. The van der Waals surface area contributed by atoms with Crippen LogP contribution in [0, 0.1) is 0 Å². The van der Waals surface area contributed by atoms with Crippen LogP contribution in [0.5, 0.6) is 0 Å². The number of hydrogen-bond acceptors (Lipinski definition) is 5. The van der Waals surface area contributed by atoms with Gasteiger partial charge in [0.25, 0.3) is 5.56 Å². The number of rotatable bonds is 2. The zero-order chi connectivity index (χ0) is 13.2. The van der Waals surface area contributed by atoms with E-state index in [0.717, 1.165) is 15.9 Å². The Morgan fingerprint density at radius 2 is 1.95 bits per heavy atom. The molecule has 0 bridgehead atoms. The van der Waals surface area contributed by atoms with Crippen LogP contribution >= 0.6 is 27.7 Å². The topological polar surface area (TPSA) is 71.5 Å². The molecule has 2 aromatic heterocycles. The Balaban J connectivity index is 2.11. The maximum absolute atomic E-state index is 11.5. The largest absolute Gasteiger partial charge is 0.312 e. The van der Waals surface area contributed by atoms with Crippen LogP contribution in [0.15, 0.2) is 56.2 Å². The van der Waals surface area contributed by atoms with Crippen LogP contribution in [0.25, 0.3) is 10.9 Å². The molecule has 0 aliphatic rings. The summed E-state index contributed by atoms with van der Waals surface area (Å²) < 4.78 is 0.405. The molecule has 0 aliphatic carbocycles.